The van der Waals surface area contributed by atoms with Crippen molar-refractivity contribution >= 4 is 51.7 Å². The van der Waals surface area contributed by atoms with Crippen molar-refractivity contribution in [1.82, 2.24) is 4.90 Å². The lowest BCUT2D eigenvalue weighted by Crippen LogP contribution is -2.44. The number of rotatable bonds is 1. The van der Waals surface area contributed by atoms with Crippen molar-refractivity contribution < 1.29 is 9.59 Å². The number of carbonyl (C=O) groups is 2. The summed E-state index contributed by atoms with van der Waals surface area (Å²) in [5, 5.41) is 0.652. The maximum absolute atomic E-state index is 12.7. The zero-order valence-electron chi connectivity index (χ0n) is 10.8. The van der Waals surface area contributed by atoms with Crippen molar-refractivity contribution in [2.24, 2.45) is 0 Å². The highest BCUT2D eigenvalue weighted by atomic mass is 127. The van der Waals surface area contributed by atoms with Crippen LogP contribution in [0, 0.1) is 3.57 Å². The highest BCUT2D eigenvalue weighted by Crippen LogP contribution is 2.31. The molecule has 6 heteroatoms. The fraction of sp³-hybridized carbons (Fsp3) is 0.429. The average molecular weight is 405 g/mol. The van der Waals surface area contributed by atoms with Gasteiger partial charge in [-0.2, -0.15) is 0 Å². The third kappa shape index (κ3) is 2.41. The molecular formula is C14H14ClIN2O2. The Labute approximate surface area is 136 Å². The summed E-state index contributed by atoms with van der Waals surface area (Å²) in [5.41, 5.74) is 0.849. The molecule has 0 aromatic heterocycles. The molecule has 4 nitrogen and oxygen atoms in total. The Kier molecular flexibility index (Phi) is 3.90. The van der Waals surface area contributed by atoms with Gasteiger partial charge in [0, 0.05) is 28.1 Å². The second kappa shape index (κ2) is 5.52. The van der Waals surface area contributed by atoms with Crippen LogP contribution in [-0.2, 0) is 9.59 Å². The summed E-state index contributed by atoms with van der Waals surface area (Å²) in [6.07, 6.45) is 2.07. The van der Waals surface area contributed by atoms with E-state index >= 15 is 0 Å². The van der Waals surface area contributed by atoms with Crippen molar-refractivity contribution in [2.75, 3.05) is 18.0 Å². The number of hydrogen-bond acceptors (Lipinski definition) is 2. The van der Waals surface area contributed by atoms with Crippen LogP contribution in [0.15, 0.2) is 18.2 Å². The second-order valence-corrected chi connectivity index (χ2v) is 6.68. The van der Waals surface area contributed by atoms with Crippen LogP contribution in [0.2, 0.25) is 5.02 Å². The zero-order chi connectivity index (χ0) is 14.3. The Morgan fingerprint density at radius 3 is 2.80 bits per heavy atom. The van der Waals surface area contributed by atoms with Gasteiger partial charge in [0.1, 0.15) is 6.04 Å². The van der Waals surface area contributed by atoms with Crippen LogP contribution in [0.5, 0.6) is 0 Å². The number of anilines is 1. The van der Waals surface area contributed by atoms with Gasteiger partial charge in [-0.3, -0.25) is 9.59 Å². The minimum atomic E-state index is -0.281. The minimum Gasteiger partial charge on any atom is -0.331 e. The van der Waals surface area contributed by atoms with E-state index in [0.29, 0.717) is 24.5 Å². The van der Waals surface area contributed by atoms with E-state index in [1.807, 2.05) is 12.1 Å². The summed E-state index contributed by atoms with van der Waals surface area (Å²) in [7, 11) is 0. The van der Waals surface area contributed by atoms with Crippen LogP contribution in [0.1, 0.15) is 19.3 Å². The molecule has 0 spiro atoms. The molecule has 0 saturated carbocycles. The Morgan fingerprint density at radius 2 is 2.05 bits per heavy atom. The Balaban J connectivity index is 1.96. The van der Waals surface area contributed by atoms with Crippen LogP contribution in [-0.4, -0.2) is 35.8 Å². The number of hydrogen-bond donors (Lipinski definition) is 0. The van der Waals surface area contributed by atoms with Gasteiger partial charge in [-0.05, 0) is 53.6 Å². The van der Waals surface area contributed by atoms with Gasteiger partial charge in [-0.15, -0.1) is 0 Å². The fourth-order valence-corrected chi connectivity index (χ4v) is 4.07. The molecular weight excluding hydrogens is 391 g/mol. The predicted molar refractivity (Wildman–Crippen MR) is 85.9 cm³/mol. The van der Waals surface area contributed by atoms with E-state index in [9.17, 15) is 9.59 Å². The van der Waals surface area contributed by atoms with Gasteiger partial charge in [0.25, 0.3) is 0 Å². The smallest absolute Gasteiger partial charge is 0.249 e. The Bertz CT molecular complexity index is 578. The lowest BCUT2D eigenvalue weighted by molar-refractivity contribution is -0.135. The van der Waals surface area contributed by atoms with Crippen LogP contribution >= 0.6 is 34.2 Å². The maximum atomic E-state index is 12.7. The van der Waals surface area contributed by atoms with Crippen LogP contribution in [0.4, 0.5) is 5.69 Å². The molecule has 2 amide bonds. The van der Waals surface area contributed by atoms with Gasteiger partial charge in [0.15, 0.2) is 0 Å². The first kappa shape index (κ1) is 14.1. The molecule has 0 N–H and O–H groups in total. The molecule has 3 rings (SSSR count). The first-order chi connectivity index (χ1) is 9.58. The number of nitrogens with zero attached hydrogens (tertiary/aromatic N) is 2. The highest BCUT2D eigenvalue weighted by molar-refractivity contribution is 14.1. The number of fused-ring (bicyclic) bond motifs is 1. The molecule has 1 unspecified atom stereocenters. The third-order valence-corrected chi connectivity index (χ3v) is 4.97. The number of amides is 2. The molecule has 2 aliphatic rings. The molecule has 2 fully saturated rings. The summed E-state index contributed by atoms with van der Waals surface area (Å²) in [5.74, 6) is 0.126. The molecule has 1 aromatic carbocycles. The molecule has 1 atom stereocenters. The first-order valence-electron chi connectivity index (χ1n) is 6.64. The minimum absolute atomic E-state index is 0.0357. The molecule has 2 heterocycles. The van der Waals surface area contributed by atoms with E-state index < -0.39 is 0 Å². The molecule has 106 valence electrons. The molecule has 0 radical (unpaired) electrons. The maximum Gasteiger partial charge on any atom is 0.249 e. The van der Waals surface area contributed by atoms with E-state index in [2.05, 4.69) is 22.6 Å². The summed E-state index contributed by atoms with van der Waals surface area (Å²) in [6, 6.07) is 5.20. The first-order valence-corrected chi connectivity index (χ1v) is 8.09. The summed E-state index contributed by atoms with van der Waals surface area (Å²) in [4.78, 5) is 28.3. The average Bonchev–Trinajstić information content (AvgIpc) is 2.85. The topological polar surface area (TPSA) is 40.6 Å². The van der Waals surface area contributed by atoms with Crippen molar-refractivity contribution in [3.63, 3.8) is 0 Å². The van der Waals surface area contributed by atoms with Gasteiger partial charge >= 0.3 is 0 Å². The van der Waals surface area contributed by atoms with Crippen molar-refractivity contribution in [3.05, 3.63) is 26.8 Å². The van der Waals surface area contributed by atoms with Gasteiger partial charge in [-0.1, -0.05) is 11.6 Å². The largest absolute Gasteiger partial charge is 0.331 e. The number of halogens is 2. The summed E-state index contributed by atoms with van der Waals surface area (Å²) < 4.78 is 0.933. The lowest BCUT2D eigenvalue weighted by Gasteiger charge is -2.26. The molecule has 1 aromatic rings. The third-order valence-electron chi connectivity index (χ3n) is 3.87. The number of benzene rings is 1. The van der Waals surface area contributed by atoms with Gasteiger partial charge < -0.3 is 9.80 Å². The number of carbonyl (C=O) groups excluding carboxylic acids is 2. The SMILES string of the molecule is O=C1C2CCCN2C(=O)CCN1c1ccc(Cl)cc1I. The monoisotopic (exact) mass is 404 g/mol. The van der Waals surface area contributed by atoms with Crippen molar-refractivity contribution in [3.8, 4) is 0 Å². The van der Waals surface area contributed by atoms with E-state index in [1.54, 1.807) is 15.9 Å². The van der Waals surface area contributed by atoms with Crippen molar-refractivity contribution in [2.45, 2.75) is 25.3 Å². The van der Waals surface area contributed by atoms with Crippen LogP contribution in [0.3, 0.4) is 0 Å². The molecule has 2 saturated heterocycles. The van der Waals surface area contributed by atoms with E-state index in [0.717, 1.165) is 22.1 Å². The Hall–Kier alpha value is -0.820. The standard InChI is InChI=1S/C14H14ClIN2O2/c15-9-3-4-11(10(16)8-9)18-7-5-13(19)17-6-1-2-12(17)14(18)20/h3-4,8,12H,1-2,5-7H2. The van der Waals surface area contributed by atoms with Gasteiger partial charge in [0.2, 0.25) is 11.8 Å². The van der Waals surface area contributed by atoms with E-state index in [1.165, 1.54) is 0 Å². The zero-order valence-corrected chi connectivity index (χ0v) is 13.7. The molecule has 2 aliphatic heterocycles. The van der Waals surface area contributed by atoms with E-state index in [4.69, 9.17) is 11.6 Å². The van der Waals surface area contributed by atoms with Crippen molar-refractivity contribution in [1.29, 1.82) is 0 Å². The molecule has 0 aliphatic carbocycles. The van der Waals surface area contributed by atoms with E-state index in [-0.39, 0.29) is 17.9 Å². The normalized spacial score (nSPS) is 23.0. The summed E-state index contributed by atoms with van der Waals surface area (Å²) >= 11 is 8.15. The van der Waals surface area contributed by atoms with Crippen LogP contribution in [0.25, 0.3) is 0 Å². The molecule has 20 heavy (non-hydrogen) atoms. The molecule has 0 bridgehead atoms. The highest BCUT2D eigenvalue weighted by Gasteiger charge is 2.39. The van der Waals surface area contributed by atoms with Gasteiger partial charge in [-0.25, -0.2) is 0 Å². The van der Waals surface area contributed by atoms with Crippen LogP contribution < -0.4 is 4.90 Å². The predicted octanol–water partition coefficient (Wildman–Crippen LogP) is 2.67. The lowest BCUT2D eigenvalue weighted by atomic mass is 10.2. The quantitative estimate of drug-likeness (QED) is 0.675. The Morgan fingerprint density at radius 1 is 1.25 bits per heavy atom. The van der Waals surface area contributed by atoms with Gasteiger partial charge in [0.05, 0.1) is 5.69 Å². The second-order valence-electron chi connectivity index (χ2n) is 5.08. The summed E-state index contributed by atoms with van der Waals surface area (Å²) in [6.45, 7) is 1.16. The fourth-order valence-electron chi connectivity index (χ4n) is 2.90.